The molecule has 0 amide bonds. The molecule has 1 aromatic carbocycles. The van der Waals surface area contributed by atoms with Crippen LogP contribution in [0.5, 0.6) is 0 Å². The van der Waals surface area contributed by atoms with Crippen molar-refractivity contribution in [3.63, 3.8) is 0 Å². The maximum Gasteiger partial charge on any atom is 0.0963 e. The maximum absolute atomic E-state index is 4.65. The molecular formula is C14H19NS. The zero-order valence-corrected chi connectivity index (χ0v) is 11.5. The van der Waals surface area contributed by atoms with E-state index >= 15 is 0 Å². The Morgan fingerprint density at radius 1 is 1.19 bits per heavy atom. The zero-order chi connectivity index (χ0) is 11.9. The fourth-order valence-corrected chi connectivity index (χ4v) is 2.67. The van der Waals surface area contributed by atoms with E-state index in [0.29, 0.717) is 5.92 Å². The Morgan fingerprint density at radius 3 is 2.44 bits per heavy atom. The van der Waals surface area contributed by atoms with Crippen molar-refractivity contribution in [3.05, 3.63) is 28.8 Å². The van der Waals surface area contributed by atoms with Gasteiger partial charge in [-0.2, -0.15) is 0 Å². The summed E-state index contributed by atoms with van der Waals surface area (Å²) in [5.41, 5.74) is 2.75. The lowest BCUT2D eigenvalue weighted by molar-refractivity contribution is 0.591. The lowest BCUT2D eigenvalue weighted by Gasteiger charge is -2.18. The third-order valence-corrected chi connectivity index (χ3v) is 4.08. The lowest BCUT2D eigenvalue weighted by atomic mass is 9.87. The van der Waals surface area contributed by atoms with Gasteiger partial charge in [-0.1, -0.05) is 40.7 Å². The summed E-state index contributed by atoms with van der Waals surface area (Å²) in [4.78, 5) is 4.65. The van der Waals surface area contributed by atoms with Crippen LogP contribution in [0.15, 0.2) is 18.2 Å². The molecule has 86 valence electrons. The van der Waals surface area contributed by atoms with Crippen molar-refractivity contribution < 1.29 is 0 Å². The number of hydrogen-bond acceptors (Lipinski definition) is 2. The van der Waals surface area contributed by atoms with E-state index < -0.39 is 0 Å². The van der Waals surface area contributed by atoms with E-state index in [-0.39, 0.29) is 5.41 Å². The molecule has 0 bridgehead atoms. The SMILES string of the molecule is CC(C)c1nc2ccc(C(C)(C)C)cc2s1. The Kier molecular flexibility index (Phi) is 2.79. The number of fused-ring (bicyclic) bond motifs is 1. The number of aromatic nitrogens is 1. The monoisotopic (exact) mass is 233 g/mol. The fraction of sp³-hybridized carbons (Fsp3) is 0.500. The van der Waals surface area contributed by atoms with Gasteiger partial charge in [0.2, 0.25) is 0 Å². The van der Waals surface area contributed by atoms with Gasteiger partial charge in [0.25, 0.3) is 0 Å². The van der Waals surface area contributed by atoms with Gasteiger partial charge in [-0.05, 0) is 23.1 Å². The van der Waals surface area contributed by atoms with Gasteiger partial charge in [-0.25, -0.2) is 4.98 Å². The molecule has 0 aliphatic heterocycles. The molecule has 0 spiro atoms. The molecule has 2 rings (SSSR count). The minimum atomic E-state index is 0.218. The first-order valence-corrected chi connectivity index (χ1v) is 6.60. The van der Waals surface area contributed by atoms with Gasteiger partial charge in [0.05, 0.1) is 15.2 Å². The van der Waals surface area contributed by atoms with Crippen LogP contribution in [0, 0.1) is 0 Å². The van der Waals surface area contributed by atoms with Gasteiger partial charge >= 0.3 is 0 Å². The second-order valence-electron chi connectivity index (χ2n) is 5.64. The molecule has 1 aromatic heterocycles. The van der Waals surface area contributed by atoms with E-state index in [1.54, 1.807) is 0 Å². The van der Waals surface area contributed by atoms with E-state index in [2.05, 4.69) is 57.8 Å². The minimum absolute atomic E-state index is 0.218. The van der Waals surface area contributed by atoms with Crippen LogP contribution >= 0.6 is 11.3 Å². The average Bonchev–Trinajstić information content (AvgIpc) is 2.58. The molecule has 0 unspecified atom stereocenters. The Balaban J connectivity index is 2.54. The molecule has 16 heavy (non-hydrogen) atoms. The van der Waals surface area contributed by atoms with Crippen molar-refractivity contribution in [2.45, 2.75) is 46.0 Å². The summed E-state index contributed by atoms with van der Waals surface area (Å²) in [5, 5.41) is 1.24. The van der Waals surface area contributed by atoms with E-state index in [0.717, 1.165) is 5.52 Å². The summed E-state index contributed by atoms with van der Waals surface area (Å²) in [6, 6.07) is 6.64. The summed E-state index contributed by atoms with van der Waals surface area (Å²) in [5.74, 6) is 0.524. The quantitative estimate of drug-likeness (QED) is 0.694. The number of nitrogens with zero attached hydrogens (tertiary/aromatic N) is 1. The van der Waals surface area contributed by atoms with Gasteiger partial charge in [0.15, 0.2) is 0 Å². The second-order valence-corrected chi connectivity index (χ2v) is 6.70. The molecule has 0 atom stereocenters. The van der Waals surface area contributed by atoms with Crippen molar-refractivity contribution in [1.29, 1.82) is 0 Å². The Morgan fingerprint density at radius 2 is 1.88 bits per heavy atom. The first-order valence-electron chi connectivity index (χ1n) is 5.79. The van der Waals surface area contributed by atoms with Crippen LogP contribution in [0.25, 0.3) is 10.2 Å². The number of thiazole rings is 1. The molecule has 0 saturated heterocycles. The molecule has 2 heteroatoms. The van der Waals surface area contributed by atoms with Gasteiger partial charge in [-0.3, -0.25) is 0 Å². The third kappa shape index (κ3) is 2.12. The standard InChI is InChI=1S/C14H19NS/c1-9(2)13-15-11-7-6-10(14(3,4)5)8-12(11)16-13/h6-9H,1-5H3. The second kappa shape index (κ2) is 3.85. The highest BCUT2D eigenvalue weighted by molar-refractivity contribution is 7.18. The Bertz CT molecular complexity index is 503. The van der Waals surface area contributed by atoms with Crippen LogP contribution in [-0.4, -0.2) is 4.98 Å². The van der Waals surface area contributed by atoms with E-state index in [4.69, 9.17) is 0 Å². The summed E-state index contributed by atoms with van der Waals surface area (Å²) in [7, 11) is 0. The molecule has 1 heterocycles. The number of rotatable bonds is 1. The molecule has 0 N–H and O–H groups in total. The van der Waals surface area contributed by atoms with Crippen molar-refractivity contribution in [1.82, 2.24) is 4.98 Å². The normalized spacial score (nSPS) is 12.6. The summed E-state index contributed by atoms with van der Waals surface area (Å²) >= 11 is 1.82. The lowest BCUT2D eigenvalue weighted by Crippen LogP contribution is -2.10. The van der Waals surface area contributed by atoms with Crippen LogP contribution in [0.2, 0.25) is 0 Å². The smallest absolute Gasteiger partial charge is 0.0963 e. The van der Waals surface area contributed by atoms with Gasteiger partial charge in [0.1, 0.15) is 0 Å². The van der Waals surface area contributed by atoms with Crippen molar-refractivity contribution >= 4 is 21.6 Å². The van der Waals surface area contributed by atoms with Crippen LogP contribution < -0.4 is 0 Å². The van der Waals surface area contributed by atoms with Crippen LogP contribution in [0.4, 0.5) is 0 Å². The summed E-state index contributed by atoms with van der Waals surface area (Å²) in [6.07, 6.45) is 0. The first-order chi connectivity index (χ1) is 7.38. The van der Waals surface area contributed by atoms with E-state index in [9.17, 15) is 0 Å². The predicted octanol–water partition coefficient (Wildman–Crippen LogP) is 4.72. The zero-order valence-electron chi connectivity index (χ0n) is 10.7. The Labute approximate surface area is 102 Å². The molecular weight excluding hydrogens is 214 g/mol. The van der Waals surface area contributed by atoms with Crippen molar-refractivity contribution in [3.8, 4) is 0 Å². The van der Waals surface area contributed by atoms with E-state index in [1.807, 2.05) is 11.3 Å². The highest BCUT2D eigenvalue weighted by atomic mass is 32.1. The highest BCUT2D eigenvalue weighted by Gasteiger charge is 2.15. The number of benzene rings is 1. The predicted molar refractivity (Wildman–Crippen MR) is 72.4 cm³/mol. The van der Waals surface area contributed by atoms with E-state index in [1.165, 1.54) is 15.3 Å². The van der Waals surface area contributed by atoms with Crippen LogP contribution in [0.1, 0.15) is 51.1 Å². The molecule has 0 saturated carbocycles. The Hall–Kier alpha value is -0.890. The molecule has 0 aliphatic carbocycles. The highest BCUT2D eigenvalue weighted by Crippen LogP contribution is 2.31. The topological polar surface area (TPSA) is 12.9 Å². The molecule has 0 fully saturated rings. The third-order valence-electron chi connectivity index (χ3n) is 2.76. The van der Waals surface area contributed by atoms with Gasteiger partial charge in [0, 0.05) is 5.92 Å². The maximum atomic E-state index is 4.65. The first kappa shape index (κ1) is 11.6. The molecule has 0 radical (unpaired) electrons. The van der Waals surface area contributed by atoms with Gasteiger partial charge < -0.3 is 0 Å². The van der Waals surface area contributed by atoms with Crippen molar-refractivity contribution in [2.75, 3.05) is 0 Å². The average molecular weight is 233 g/mol. The van der Waals surface area contributed by atoms with Crippen LogP contribution in [0.3, 0.4) is 0 Å². The summed E-state index contributed by atoms with van der Waals surface area (Å²) in [6.45, 7) is 11.1. The largest absolute Gasteiger partial charge is 0.241 e. The van der Waals surface area contributed by atoms with Crippen LogP contribution in [-0.2, 0) is 5.41 Å². The summed E-state index contributed by atoms with van der Waals surface area (Å²) < 4.78 is 1.32. The minimum Gasteiger partial charge on any atom is -0.241 e. The van der Waals surface area contributed by atoms with Gasteiger partial charge in [-0.15, -0.1) is 11.3 Å². The molecule has 2 aromatic rings. The molecule has 0 aliphatic rings. The number of hydrogen-bond donors (Lipinski definition) is 0. The van der Waals surface area contributed by atoms with Crippen molar-refractivity contribution in [2.24, 2.45) is 0 Å². The fourth-order valence-electron chi connectivity index (χ4n) is 1.66. The molecule has 1 nitrogen and oxygen atoms in total.